The highest BCUT2D eigenvalue weighted by molar-refractivity contribution is 6.31. The number of pyridine rings is 1. The molecule has 4 heterocycles. The van der Waals surface area contributed by atoms with E-state index in [1.807, 2.05) is 26.0 Å². The number of halogens is 3. The van der Waals surface area contributed by atoms with Gasteiger partial charge in [-0.05, 0) is 47.4 Å². The van der Waals surface area contributed by atoms with Gasteiger partial charge in [-0.3, -0.25) is 14.5 Å². The molecule has 11 nitrogen and oxygen atoms in total. The van der Waals surface area contributed by atoms with Crippen molar-refractivity contribution >= 4 is 40.7 Å². The number of aromatic nitrogens is 5. The predicted molar refractivity (Wildman–Crippen MR) is 182 cm³/mol. The molecule has 2 aromatic carbocycles. The third-order valence-corrected chi connectivity index (χ3v) is 8.58. The van der Waals surface area contributed by atoms with E-state index in [1.165, 1.54) is 41.0 Å². The molecule has 48 heavy (non-hydrogen) atoms. The van der Waals surface area contributed by atoms with Crippen LogP contribution in [0.3, 0.4) is 0 Å². The van der Waals surface area contributed by atoms with Crippen LogP contribution in [0.2, 0.25) is 10.0 Å². The van der Waals surface area contributed by atoms with Gasteiger partial charge in [-0.25, -0.2) is 14.1 Å². The lowest BCUT2D eigenvalue weighted by Gasteiger charge is -2.28. The summed E-state index contributed by atoms with van der Waals surface area (Å²) in [4.78, 5) is 40.7. The number of amides is 1. The second kappa shape index (κ2) is 12.9. The number of ether oxygens (including phenoxy) is 2. The average Bonchev–Trinajstić information content (AvgIpc) is 3.58. The fourth-order valence-corrected chi connectivity index (χ4v) is 6.22. The molecule has 0 saturated heterocycles. The standard InChI is InChI=1S/C34H32Cl2FN7O4/c1-18(2)29-27-28(40-44(29)26-15-38-34(41(3)4)39-31(26)48-6)33(46)43(30(27)20-9-12-23(36)24(37)13-20)25-14-21(35)17-42(32(25)45)16-19-7-10-22(47-5)11-8-19/h7-15,17-18,30H,16H2,1-6H3. The van der Waals surface area contributed by atoms with Crippen LogP contribution in [-0.2, 0) is 6.54 Å². The van der Waals surface area contributed by atoms with Crippen LogP contribution in [0.1, 0.15) is 58.7 Å². The Morgan fingerprint density at radius 1 is 1.00 bits per heavy atom. The average molecular weight is 693 g/mol. The van der Waals surface area contributed by atoms with E-state index in [0.717, 1.165) is 5.56 Å². The lowest BCUT2D eigenvalue weighted by Crippen LogP contribution is -2.36. The van der Waals surface area contributed by atoms with Crippen molar-refractivity contribution in [1.82, 2.24) is 24.3 Å². The van der Waals surface area contributed by atoms with E-state index in [2.05, 4.69) is 9.97 Å². The molecule has 3 aromatic heterocycles. The molecule has 1 aliphatic heterocycles. The number of carbonyl (C=O) groups is 1. The number of hydrogen-bond acceptors (Lipinski definition) is 8. The lowest BCUT2D eigenvalue weighted by atomic mass is 9.94. The summed E-state index contributed by atoms with van der Waals surface area (Å²) < 4.78 is 29.0. The number of rotatable bonds is 9. The van der Waals surface area contributed by atoms with E-state index in [4.69, 9.17) is 37.8 Å². The van der Waals surface area contributed by atoms with Crippen molar-refractivity contribution in [3.63, 3.8) is 0 Å². The van der Waals surface area contributed by atoms with Crippen molar-refractivity contribution in [2.45, 2.75) is 32.4 Å². The van der Waals surface area contributed by atoms with Crippen molar-refractivity contribution in [1.29, 1.82) is 0 Å². The molecule has 5 aromatic rings. The van der Waals surface area contributed by atoms with Gasteiger partial charge in [0.05, 0.1) is 48.7 Å². The molecule has 1 aliphatic rings. The van der Waals surface area contributed by atoms with Gasteiger partial charge in [0.25, 0.3) is 11.5 Å². The molecule has 1 unspecified atom stereocenters. The molecule has 0 saturated carbocycles. The van der Waals surface area contributed by atoms with Crippen LogP contribution in [0.25, 0.3) is 5.69 Å². The Morgan fingerprint density at radius 3 is 2.35 bits per heavy atom. The van der Waals surface area contributed by atoms with Crippen molar-refractivity contribution in [3.8, 4) is 17.3 Å². The first-order valence-corrected chi connectivity index (χ1v) is 15.7. The molecule has 248 valence electrons. The number of hydrogen-bond donors (Lipinski definition) is 0. The molecule has 0 fully saturated rings. The highest BCUT2D eigenvalue weighted by Gasteiger charge is 2.46. The minimum absolute atomic E-state index is 0.0110. The van der Waals surface area contributed by atoms with E-state index in [1.54, 1.807) is 55.2 Å². The number of benzene rings is 2. The van der Waals surface area contributed by atoms with Gasteiger partial charge < -0.3 is 18.9 Å². The summed E-state index contributed by atoms with van der Waals surface area (Å²) in [6.45, 7) is 4.07. The van der Waals surface area contributed by atoms with Gasteiger partial charge in [0.2, 0.25) is 11.8 Å². The molecule has 1 amide bonds. The molecule has 1 atom stereocenters. The first-order valence-electron chi connectivity index (χ1n) is 15.0. The summed E-state index contributed by atoms with van der Waals surface area (Å²) in [7, 11) is 6.67. The topological polar surface area (TPSA) is 108 Å². The van der Waals surface area contributed by atoms with E-state index in [9.17, 15) is 9.59 Å². The SMILES string of the molecule is COc1ccc(Cn2cc(Cl)cc(N3C(=O)c4nn(-c5cnc(N(C)C)nc5OC)c(C(C)C)c4C3c3ccc(Cl)c(F)c3)c2=O)cc1. The monoisotopic (exact) mass is 691 g/mol. The van der Waals surface area contributed by atoms with Gasteiger partial charge in [-0.2, -0.15) is 10.1 Å². The Bertz CT molecular complexity index is 2100. The molecule has 0 radical (unpaired) electrons. The van der Waals surface area contributed by atoms with E-state index < -0.39 is 23.3 Å². The van der Waals surface area contributed by atoms with Crippen LogP contribution in [0, 0.1) is 5.82 Å². The normalized spacial score (nSPS) is 14.1. The smallest absolute Gasteiger partial charge is 0.280 e. The molecule has 0 aliphatic carbocycles. The summed E-state index contributed by atoms with van der Waals surface area (Å²) in [5, 5.41) is 4.92. The fraction of sp³-hybridized carbons (Fsp3) is 0.265. The van der Waals surface area contributed by atoms with E-state index in [0.29, 0.717) is 34.2 Å². The van der Waals surface area contributed by atoms with Crippen molar-refractivity contribution in [2.75, 3.05) is 38.1 Å². The summed E-state index contributed by atoms with van der Waals surface area (Å²) in [6, 6.07) is 12.0. The van der Waals surface area contributed by atoms with Crippen LogP contribution < -0.4 is 24.8 Å². The first kappa shape index (κ1) is 33.0. The van der Waals surface area contributed by atoms with Crippen LogP contribution >= 0.6 is 23.2 Å². The van der Waals surface area contributed by atoms with Crippen molar-refractivity contribution in [2.24, 2.45) is 0 Å². The predicted octanol–water partition coefficient (Wildman–Crippen LogP) is 6.27. The van der Waals surface area contributed by atoms with Crippen LogP contribution in [0.15, 0.2) is 65.7 Å². The number of fused-ring (bicyclic) bond motifs is 1. The fourth-order valence-electron chi connectivity index (χ4n) is 5.88. The van der Waals surface area contributed by atoms with Gasteiger partial charge in [-0.1, -0.05) is 55.2 Å². The number of carbonyl (C=O) groups excluding carboxylic acids is 1. The van der Waals surface area contributed by atoms with Gasteiger partial charge >= 0.3 is 0 Å². The quantitative estimate of drug-likeness (QED) is 0.178. The second-order valence-corrected chi connectivity index (χ2v) is 12.6. The first-order chi connectivity index (χ1) is 22.9. The van der Waals surface area contributed by atoms with Crippen molar-refractivity contribution in [3.05, 3.63) is 115 Å². The zero-order chi connectivity index (χ0) is 34.4. The highest BCUT2D eigenvalue weighted by atomic mass is 35.5. The lowest BCUT2D eigenvalue weighted by molar-refractivity contribution is 0.0987. The highest BCUT2D eigenvalue weighted by Crippen LogP contribution is 2.46. The Hall–Kier alpha value is -4.94. The minimum Gasteiger partial charge on any atom is -0.497 e. The maximum atomic E-state index is 15.1. The zero-order valence-corrected chi connectivity index (χ0v) is 28.5. The number of anilines is 2. The molecule has 0 N–H and O–H groups in total. The third kappa shape index (κ3) is 5.75. The van der Waals surface area contributed by atoms with Crippen LogP contribution in [0.4, 0.5) is 16.0 Å². The summed E-state index contributed by atoms with van der Waals surface area (Å²) in [5.74, 6) is -0.113. The molecule has 14 heteroatoms. The van der Waals surface area contributed by atoms with Gasteiger partial charge in [-0.15, -0.1) is 0 Å². The van der Waals surface area contributed by atoms with Gasteiger partial charge in [0, 0.05) is 25.9 Å². The van der Waals surface area contributed by atoms with Gasteiger partial charge in [0.1, 0.15) is 22.9 Å². The summed E-state index contributed by atoms with van der Waals surface area (Å²) in [6.07, 6.45) is 3.08. The number of nitrogens with zero attached hydrogens (tertiary/aromatic N) is 7. The largest absolute Gasteiger partial charge is 0.497 e. The molecular weight excluding hydrogens is 660 g/mol. The third-order valence-electron chi connectivity index (χ3n) is 8.07. The van der Waals surface area contributed by atoms with Crippen LogP contribution in [-0.4, -0.2) is 58.5 Å². The van der Waals surface area contributed by atoms with Crippen molar-refractivity contribution < 1.29 is 18.7 Å². The second-order valence-electron chi connectivity index (χ2n) is 11.7. The Kier molecular flexibility index (Phi) is 8.88. The maximum Gasteiger partial charge on any atom is 0.280 e. The molecular formula is C34H32Cl2FN7O4. The summed E-state index contributed by atoms with van der Waals surface area (Å²) >= 11 is 12.7. The van der Waals surface area contributed by atoms with E-state index in [-0.39, 0.29) is 39.8 Å². The Balaban J connectivity index is 1.56. The molecule has 6 rings (SSSR count). The Morgan fingerprint density at radius 2 is 1.73 bits per heavy atom. The maximum absolute atomic E-state index is 15.1. The molecule has 0 bridgehead atoms. The zero-order valence-electron chi connectivity index (χ0n) is 27.0. The van der Waals surface area contributed by atoms with E-state index >= 15 is 4.39 Å². The van der Waals surface area contributed by atoms with Crippen LogP contribution in [0.5, 0.6) is 11.6 Å². The van der Waals surface area contributed by atoms with Gasteiger partial charge in [0.15, 0.2) is 5.69 Å². The molecule has 0 spiro atoms. The Labute approximate surface area is 286 Å². The minimum atomic E-state index is -0.959. The summed E-state index contributed by atoms with van der Waals surface area (Å²) in [5.41, 5.74) is 2.35. The number of methoxy groups -OCH3 is 2.